The van der Waals surface area contributed by atoms with E-state index >= 15 is 0 Å². The third kappa shape index (κ3) is 4.58. The van der Waals surface area contributed by atoms with E-state index in [1.807, 2.05) is 26.2 Å². The Labute approximate surface area is 178 Å². The zero-order valence-corrected chi connectivity index (χ0v) is 17.4. The van der Waals surface area contributed by atoms with Crippen LogP contribution in [0.3, 0.4) is 0 Å². The van der Waals surface area contributed by atoms with Gasteiger partial charge in [-0.15, -0.1) is 0 Å². The number of anilines is 3. The Morgan fingerprint density at radius 1 is 1.00 bits per heavy atom. The molecule has 0 atom stereocenters. The standard InChI is InChI=1S/C21H22F2N8/c1-13-27-17-8-15(22)16(23)9-18(17)31(13)21-12-24-11-20(29-21)28-14-4-5-19(26-10-14)25-6-7-30(2)3/h4-5,8-12H,6-7H2,1-3H3,(H,25,26)(H,28,29). The summed E-state index contributed by atoms with van der Waals surface area (Å²) < 4.78 is 29.0. The van der Waals surface area contributed by atoms with E-state index in [4.69, 9.17) is 0 Å². The summed E-state index contributed by atoms with van der Waals surface area (Å²) in [7, 11) is 4.03. The molecule has 3 aromatic heterocycles. The van der Waals surface area contributed by atoms with Gasteiger partial charge in [-0.2, -0.15) is 0 Å². The van der Waals surface area contributed by atoms with Crippen LogP contribution in [0.2, 0.25) is 0 Å². The molecular formula is C21H22F2N8. The molecule has 0 bridgehead atoms. The molecule has 8 nitrogen and oxygen atoms in total. The molecule has 3 heterocycles. The molecule has 0 unspecified atom stereocenters. The molecule has 4 aromatic rings. The van der Waals surface area contributed by atoms with Gasteiger partial charge in [-0.25, -0.2) is 23.7 Å². The maximum absolute atomic E-state index is 13.8. The first-order valence-electron chi connectivity index (χ1n) is 9.69. The van der Waals surface area contributed by atoms with Gasteiger partial charge >= 0.3 is 0 Å². The second-order valence-electron chi connectivity index (χ2n) is 7.30. The largest absolute Gasteiger partial charge is 0.369 e. The molecular weight excluding hydrogens is 402 g/mol. The normalized spacial score (nSPS) is 11.3. The molecule has 31 heavy (non-hydrogen) atoms. The zero-order valence-electron chi connectivity index (χ0n) is 17.4. The van der Waals surface area contributed by atoms with Crippen molar-refractivity contribution in [3.63, 3.8) is 0 Å². The van der Waals surface area contributed by atoms with Crippen molar-refractivity contribution >= 4 is 28.4 Å². The first-order valence-corrected chi connectivity index (χ1v) is 9.69. The van der Waals surface area contributed by atoms with E-state index in [1.165, 1.54) is 6.20 Å². The summed E-state index contributed by atoms with van der Waals surface area (Å²) in [6, 6.07) is 5.94. The molecule has 1 aromatic carbocycles. The van der Waals surface area contributed by atoms with Crippen LogP contribution >= 0.6 is 0 Å². The van der Waals surface area contributed by atoms with Crippen LogP contribution in [0.4, 0.5) is 26.1 Å². The third-order valence-electron chi connectivity index (χ3n) is 4.62. The van der Waals surface area contributed by atoms with Crippen molar-refractivity contribution in [3.05, 3.63) is 60.3 Å². The SMILES string of the molecule is Cc1nc2cc(F)c(F)cc2n1-c1cncc(Nc2ccc(NCCN(C)C)nc2)n1. The predicted octanol–water partition coefficient (Wildman–Crippen LogP) is 3.51. The van der Waals surface area contributed by atoms with Crippen molar-refractivity contribution in [2.24, 2.45) is 0 Å². The fourth-order valence-electron chi connectivity index (χ4n) is 3.13. The number of hydrogen-bond acceptors (Lipinski definition) is 7. The van der Waals surface area contributed by atoms with Gasteiger partial charge in [0.05, 0.1) is 35.3 Å². The van der Waals surface area contributed by atoms with Gasteiger partial charge in [0.15, 0.2) is 23.3 Å². The van der Waals surface area contributed by atoms with Gasteiger partial charge in [-0.3, -0.25) is 9.55 Å². The smallest absolute Gasteiger partial charge is 0.161 e. The minimum Gasteiger partial charge on any atom is -0.369 e. The Morgan fingerprint density at radius 3 is 2.55 bits per heavy atom. The Hall–Kier alpha value is -3.66. The van der Waals surface area contributed by atoms with Crippen LogP contribution in [0.25, 0.3) is 16.9 Å². The lowest BCUT2D eigenvalue weighted by Crippen LogP contribution is -2.21. The van der Waals surface area contributed by atoms with Gasteiger partial charge in [0.2, 0.25) is 0 Å². The number of halogens is 2. The molecule has 0 aliphatic carbocycles. The summed E-state index contributed by atoms with van der Waals surface area (Å²) in [5.74, 6) is 0.359. The quantitative estimate of drug-likeness (QED) is 0.470. The highest BCUT2D eigenvalue weighted by Gasteiger charge is 2.15. The topological polar surface area (TPSA) is 83.8 Å². The van der Waals surface area contributed by atoms with Crippen LogP contribution in [0.1, 0.15) is 5.82 Å². The van der Waals surface area contributed by atoms with E-state index in [2.05, 4.69) is 35.5 Å². The van der Waals surface area contributed by atoms with Gasteiger partial charge in [-0.1, -0.05) is 0 Å². The molecule has 10 heteroatoms. The maximum Gasteiger partial charge on any atom is 0.161 e. The molecule has 4 rings (SSSR count). The van der Waals surface area contributed by atoms with E-state index in [9.17, 15) is 8.78 Å². The van der Waals surface area contributed by atoms with Crippen molar-refractivity contribution in [1.29, 1.82) is 0 Å². The van der Waals surface area contributed by atoms with Crippen LogP contribution < -0.4 is 10.6 Å². The first kappa shape index (κ1) is 20.6. The summed E-state index contributed by atoms with van der Waals surface area (Å²) in [5.41, 5.74) is 1.50. The number of benzene rings is 1. The molecule has 0 aliphatic rings. The van der Waals surface area contributed by atoms with Crippen LogP contribution in [-0.2, 0) is 0 Å². The van der Waals surface area contributed by atoms with Crippen LogP contribution in [0, 0.1) is 18.6 Å². The number of rotatable bonds is 7. The average Bonchev–Trinajstić information content (AvgIpc) is 3.04. The van der Waals surface area contributed by atoms with E-state index in [0.29, 0.717) is 28.5 Å². The number of aromatic nitrogens is 5. The highest BCUT2D eigenvalue weighted by Crippen LogP contribution is 2.24. The number of nitrogens with one attached hydrogen (secondary N) is 2. The number of hydrogen-bond donors (Lipinski definition) is 2. The second-order valence-corrected chi connectivity index (χ2v) is 7.30. The highest BCUT2D eigenvalue weighted by atomic mass is 19.2. The van der Waals surface area contributed by atoms with Crippen LogP contribution in [0.5, 0.6) is 0 Å². The number of aryl methyl sites for hydroxylation is 1. The molecule has 0 amide bonds. The lowest BCUT2D eigenvalue weighted by molar-refractivity contribution is 0.425. The zero-order chi connectivity index (χ0) is 22.0. The molecule has 0 spiro atoms. The summed E-state index contributed by atoms with van der Waals surface area (Å²) in [4.78, 5) is 19.5. The molecule has 0 radical (unpaired) electrons. The van der Waals surface area contributed by atoms with Gasteiger partial charge in [0.1, 0.15) is 11.6 Å². The molecule has 0 fully saturated rings. The van der Waals surface area contributed by atoms with Crippen molar-refractivity contribution < 1.29 is 8.78 Å². The van der Waals surface area contributed by atoms with Crippen molar-refractivity contribution in [1.82, 2.24) is 29.4 Å². The Balaban J connectivity index is 1.55. The summed E-state index contributed by atoms with van der Waals surface area (Å²) in [5, 5.41) is 6.41. The minimum atomic E-state index is -0.943. The molecule has 0 saturated heterocycles. The first-order chi connectivity index (χ1) is 14.9. The summed E-state index contributed by atoms with van der Waals surface area (Å²) >= 11 is 0. The van der Waals surface area contributed by atoms with Gasteiger partial charge in [0.25, 0.3) is 0 Å². The molecule has 160 valence electrons. The van der Waals surface area contributed by atoms with Gasteiger partial charge < -0.3 is 15.5 Å². The number of fused-ring (bicyclic) bond motifs is 1. The van der Waals surface area contributed by atoms with Crippen LogP contribution in [-0.4, -0.2) is 56.6 Å². The Kier molecular flexibility index (Phi) is 5.72. The van der Waals surface area contributed by atoms with E-state index in [-0.39, 0.29) is 0 Å². The molecule has 0 saturated carbocycles. The fraction of sp³-hybridized carbons (Fsp3) is 0.238. The number of pyridine rings is 1. The van der Waals surface area contributed by atoms with E-state index in [1.54, 1.807) is 23.9 Å². The number of imidazole rings is 1. The van der Waals surface area contributed by atoms with Crippen molar-refractivity contribution in [2.45, 2.75) is 6.92 Å². The van der Waals surface area contributed by atoms with Crippen molar-refractivity contribution in [2.75, 3.05) is 37.8 Å². The predicted molar refractivity (Wildman–Crippen MR) is 116 cm³/mol. The lowest BCUT2D eigenvalue weighted by Gasteiger charge is -2.12. The number of nitrogens with zero attached hydrogens (tertiary/aromatic N) is 6. The average molecular weight is 424 g/mol. The summed E-state index contributed by atoms with van der Waals surface area (Å²) in [6.45, 7) is 3.44. The minimum absolute atomic E-state index is 0.345. The summed E-state index contributed by atoms with van der Waals surface area (Å²) in [6.07, 6.45) is 4.81. The molecule has 0 aliphatic heterocycles. The number of likely N-dealkylation sites (N-methyl/N-ethyl adjacent to an activating group) is 1. The van der Waals surface area contributed by atoms with Gasteiger partial charge in [-0.05, 0) is 33.2 Å². The van der Waals surface area contributed by atoms with Gasteiger partial charge in [0, 0.05) is 25.2 Å². The Bertz CT molecular complexity index is 1200. The van der Waals surface area contributed by atoms with E-state index in [0.717, 1.165) is 36.7 Å². The Morgan fingerprint density at radius 2 is 1.81 bits per heavy atom. The van der Waals surface area contributed by atoms with Crippen LogP contribution in [0.15, 0.2) is 42.9 Å². The fourth-order valence-corrected chi connectivity index (χ4v) is 3.13. The monoisotopic (exact) mass is 424 g/mol. The maximum atomic E-state index is 13.8. The van der Waals surface area contributed by atoms with E-state index < -0.39 is 11.6 Å². The highest BCUT2D eigenvalue weighted by molar-refractivity contribution is 5.78. The van der Waals surface area contributed by atoms with Crippen molar-refractivity contribution in [3.8, 4) is 5.82 Å². The molecule has 2 N–H and O–H groups in total. The second kappa shape index (κ2) is 8.60. The third-order valence-corrected chi connectivity index (χ3v) is 4.62. The lowest BCUT2D eigenvalue weighted by atomic mass is 10.3.